The van der Waals surface area contributed by atoms with Gasteiger partial charge in [-0.3, -0.25) is 0 Å². The summed E-state index contributed by atoms with van der Waals surface area (Å²) < 4.78 is 5.90. The van der Waals surface area contributed by atoms with E-state index >= 15 is 0 Å². The average molecular weight is 308 g/mol. The standard InChI is InChI=1S/C21H24O2/c1-4-15(2)16-9-11-18(12-10-16)20(22)23-21(3)14-13-17-7-5-6-8-19(17)21/h5-12,15H,4,13-14H2,1-3H3. The first-order valence-corrected chi connectivity index (χ1v) is 8.45. The Morgan fingerprint density at radius 1 is 1.17 bits per heavy atom. The van der Waals surface area contributed by atoms with Gasteiger partial charge in [-0.25, -0.2) is 4.79 Å². The highest BCUT2D eigenvalue weighted by molar-refractivity contribution is 5.89. The maximum atomic E-state index is 12.5. The molecule has 2 aromatic rings. The summed E-state index contributed by atoms with van der Waals surface area (Å²) in [6.07, 6.45) is 2.91. The molecule has 120 valence electrons. The number of carbonyl (C=O) groups excluding carboxylic acids is 1. The van der Waals surface area contributed by atoms with Crippen LogP contribution in [0.2, 0.25) is 0 Å². The molecule has 3 rings (SSSR count). The number of benzene rings is 2. The van der Waals surface area contributed by atoms with Crippen LogP contribution in [0, 0.1) is 0 Å². The second-order valence-electron chi connectivity index (χ2n) is 6.71. The fraction of sp³-hybridized carbons (Fsp3) is 0.381. The van der Waals surface area contributed by atoms with Crippen molar-refractivity contribution in [1.82, 2.24) is 0 Å². The quantitative estimate of drug-likeness (QED) is 0.724. The van der Waals surface area contributed by atoms with Gasteiger partial charge in [0.05, 0.1) is 5.56 Å². The van der Waals surface area contributed by atoms with Gasteiger partial charge in [0.1, 0.15) is 5.60 Å². The molecule has 0 radical (unpaired) electrons. The monoisotopic (exact) mass is 308 g/mol. The summed E-state index contributed by atoms with van der Waals surface area (Å²) in [7, 11) is 0. The number of hydrogen-bond donors (Lipinski definition) is 0. The fourth-order valence-electron chi connectivity index (χ4n) is 3.32. The number of fused-ring (bicyclic) bond motifs is 1. The Hall–Kier alpha value is -2.09. The molecule has 0 heterocycles. The number of carbonyl (C=O) groups is 1. The second kappa shape index (κ2) is 6.19. The minimum absolute atomic E-state index is 0.236. The van der Waals surface area contributed by atoms with Crippen LogP contribution >= 0.6 is 0 Å². The summed E-state index contributed by atoms with van der Waals surface area (Å²) in [6, 6.07) is 16.1. The number of aryl methyl sites for hydroxylation is 1. The molecule has 0 N–H and O–H groups in total. The predicted molar refractivity (Wildman–Crippen MR) is 92.7 cm³/mol. The number of esters is 1. The van der Waals surface area contributed by atoms with E-state index in [1.807, 2.05) is 43.3 Å². The highest BCUT2D eigenvalue weighted by atomic mass is 16.6. The van der Waals surface area contributed by atoms with Crippen molar-refractivity contribution in [3.8, 4) is 0 Å². The van der Waals surface area contributed by atoms with Crippen LogP contribution in [0.15, 0.2) is 48.5 Å². The van der Waals surface area contributed by atoms with Crippen molar-refractivity contribution in [1.29, 1.82) is 0 Å². The van der Waals surface area contributed by atoms with Crippen molar-refractivity contribution in [3.63, 3.8) is 0 Å². The fourth-order valence-corrected chi connectivity index (χ4v) is 3.32. The lowest BCUT2D eigenvalue weighted by Crippen LogP contribution is -2.26. The van der Waals surface area contributed by atoms with Crippen molar-refractivity contribution in [2.45, 2.75) is 51.6 Å². The van der Waals surface area contributed by atoms with Crippen molar-refractivity contribution in [2.24, 2.45) is 0 Å². The largest absolute Gasteiger partial charge is 0.451 e. The van der Waals surface area contributed by atoms with Gasteiger partial charge >= 0.3 is 5.97 Å². The molecule has 0 aliphatic heterocycles. The molecule has 2 aromatic carbocycles. The Labute approximate surface area is 138 Å². The van der Waals surface area contributed by atoms with Crippen LogP contribution in [0.4, 0.5) is 0 Å². The topological polar surface area (TPSA) is 26.3 Å². The molecule has 0 spiro atoms. The van der Waals surface area contributed by atoms with Gasteiger partial charge < -0.3 is 4.74 Å². The van der Waals surface area contributed by atoms with Crippen molar-refractivity contribution < 1.29 is 9.53 Å². The molecule has 0 aromatic heterocycles. The average Bonchev–Trinajstić information content (AvgIpc) is 2.91. The van der Waals surface area contributed by atoms with Crippen LogP contribution in [0.25, 0.3) is 0 Å². The van der Waals surface area contributed by atoms with Gasteiger partial charge in [0, 0.05) is 0 Å². The molecule has 0 saturated carbocycles. The molecule has 2 unspecified atom stereocenters. The van der Waals surface area contributed by atoms with E-state index in [4.69, 9.17) is 4.74 Å². The van der Waals surface area contributed by atoms with Crippen molar-refractivity contribution in [2.75, 3.05) is 0 Å². The zero-order valence-corrected chi connectivity index (χ0v) is 14.1. The molecule has 23 heavy (non-hydrogen) atoms. The zero-order valence-electron chi connectivity index (χ0n) is 14.1. The molecule has 2 atom stereocenters. The van der Waals surface area contributed by atoms with E-state index in [2.05, 4.69) is 26.0 Å². The molecule has 1 aliphatic carbocycles. The molecule has 2 heteroatoms. The third-order valence-corrected chi connectivity index (χ3v) is 5.10. The first kappa shape index (κ1) is 15.8. The first-order valence-electron chi connectivity index (χ1n) is 8.45. The molecule has 0 fully saturated rings. The van der Waals surface area contributed by atoms with E-state index in [1.165, 1.54) is 11.1 Å². The lowest BCUT2D eigenvalue weighted by Gasteiger charge is -2.26. The van der Waals surface area contributed by atoms with Crippen molar-refractivity contribution in [3.05, 3.63) is 70.8 Å². The third-order valence-electron chi connectivity index (χ3n) is 5.10. The van der Waals surface area contributed by atoms with E-state index in [9.17, 15) is 4.79 Å². The van der Waals surface area contributed by atoms with E-state index in [1.54, 1.807) is 0 Å². The molecular weight excluding hydrogens is 284 g/mol. The van der Waals surface area contributed by atoms with E-state index in [-0.39, 0.29) is 5.97 Å². The zero-order chi connectivity index (χ0) is 16.4. The summed E-state index contributed by atoms with van der Waals surface area (Å²) in [6.45, 7) is 6.39. The van der Waals surface area contributed by atoms with Crippen LogP contribution in [0.1, 0.15) is 66.6 Å². The minimum atomic E-state index is -0.511. The lowest BCUT2D eigenvalue weighted by atomic mass is 9.97. The third kappa shape index (κ3) is 3.03. The van der Waals surface area contributed by atoms with E-state index < -0.39 is 5.60 Å². The summed E-state index contributed by atoms with van der Waals surface area (Å²) in [5.41, 5.74) is 3.81. The highest BCUT2D eigenvalue weighted by Gasteiger charge is 2.37. The Balaban J connectivity index is 1.77. The minimum Gasteiger partial charge on any atom is -0.451 e. The van der Waals surface area contributed by atoms with Gasteiger partial charge in [-0.1, -0.05) is 50.2 Å². The van der Waals surface area contributed by atoms with Crippen LogP contribution in [0.3, 0.4) is 0 Å². The van der Waals surface area contributed by atoms with Gasteiger partial charge in [0.15, 0.2) is 0 Å². The highest BCUT2D eigenvalue weighted by Crippen LogP contribution is 2.40. The number of hydrogen-bond acceptors (Lipinski definition) is 2. The van der Waals surface area contributed by atoms with Crippen molar-refractivity contribution >= 4 is 5.97 Å². The summed E-state index contributed by atoms with van der Waals surface area (Å²) in [5, 5.41) is 0. The van der Waals surface area contributed by atoms with Gasteiger partial charge in [0.2, 0.25) is 0 Å². The SMILES string of the molecule is CCC(C)c1ccc(C(=O)OC2(C)CCc3ccccc32)cc1. The van der Waals surface area contributed by atoms with Crippen LogP contribution < -0.4 is 0 Å². The summed E-state index contributed by atoms with van der Waals surface area (Å²) in [5.74, 6) is 0.277. The summed E-state index contributed by atoms with van der Waals surface area (Å²) >= 11 is 0. The maximum Gasteiger partial charge on any atom is 0.339 e. The normalized spacial score (nSPS) is 20.8. The Bertz CT molecular complexity index is 702. The summed E-state index contributed by atoms with van der Waals surface area (Å²) in [4.78, 5) is 12.5. The smallest absolute Gasteiger partial charge is 0.339 e. The van der Waals surface area contributed by atoms with Crippen LogP contribution in [-0.4, -0.2) is 5.97 Å². The van der Waals surface area contributed by atoms with Gasteiger partial charge in [-0.05, 0) is 60.9 Å². The van der Waals surface area contributed by atoms with Crippen LogP contribution in [0.5, 0.6) is 0 Å². The molecule has 0 amide bonds. The van der Waals surface area contributed by atoms with Crippen LogP contribution in [-0.2, 0) is 16.8 Å². The second-order valence-corrected chi connectivity index (χ2v) is 6.71. The molecule has 0 bridgehead atoms. The Kier molecular flexibility index (Phi) is 4.25. The maximum absolute atomic E-state index is 12.5. The van der Waals surface area contributed by atoms with Gasteiger partial charge in [0.25, 0.3) is 0 Å². The molecule has 0 saturated heterocycles. The molecule has 2 nitrogen and oxygen atoms in total. The van der Waals surface area contributed by atoms with Gasteiger partial charge in [-0.2, -0.15) is 0 Å². The Morgan fingerprint density at radius 3 is 2.57 bits per heavy atom. The first-order chi connectivity index (χ1) is 11.0. The lowest BCUT2D eigenvalue weighted by molar-refractivity contribution is -0.0111. The van der Waals surface area contributed by atoms with Gasteiger partial charge in [-0.15, -0.1) is 0 Å². The van der Waals surface area contributed by atoms with E-state index in [0.29, 0.717) is 11.5 Å². The number of rotatable bonds is 4. The molecule has 1 aliphatic rings. The predicted octanol–water partition coefficient (Wildman–Crippen LogP) is 5.22. The molecular formula is C21H24O2. The van der Waals surface area contributed by atoms with E-state index in [0.717, 1.165) is 24.8 Å². The number of ether oxygens (including phenoxy) is 1. The Morgan fingerprint density at radius 2 is 1.87 bits per heavy atom.